The lowest BCUT2D eigenvalue weighted by Gasteiger charge is -2.31. The molecule has 4 aromatic rings. The number of halogens is 2. The third kappa shape index (κ3) is 7.75. The van der Waals surface area contributed by atoms with Gasteiger partial charge in [-0.15, -0.1) is 0 Å². The average Bonchev–Trinajstić information content (AvgIpc) is 2.96. The van der Waals surface area contributed by atoms with Crippen LogP contribution < -0.4 is 10.1 Å². The molecule has 2 amide bonds. The second-order valence-corrected chi connectivity index (χ2v) is 10.2. The summed E-state index contributed by atoms with van der Waals surface area (Å²) in [6.07, 6.45) is 2.17. The van der Waals surface area contributed by atoms with Gasteiger partial charge in [-0.05, 0) is 41.1 Å². The van der Waals surface area contributed by atoms with Crippen molar-refractivity contribution in [1.29, 1.82) is 0 Å². The van der Waals surface area contributed by atoms with Crippen LogP contribution >= 0.6 is 23.2 Å². The zero-order chi connectivity index (χ0) is 27.6. The van der Waals surface area contributed by atoms with Gasteiger partial charge in [-0.1, -0.05) is 109 Å². The molecule has 0 aliphatic heterocycles. The van der Waals surface area contributed by atoms with Crippen LogP contribution in [0.4, 0.5) is 0 Å². The lowest BCUT2D eigenvalue weighted by atomic mass is 10.0. The Morgan fingerprint density at radius 1 is 0.872 bits per heavy atom. The molecule has 202 valence electrons. The maximum Gasteiger partial charge on any atom is 0.261 e. The van der Waals surface area contributed by atoms with Crippen molar-refractivity contribution in [2.75, 3.05) is 13.2 Å². The van der Waals surface area contributed by atoms with E-state index < -0.39 is 6.04 Å². The van der Waals surface area contributed by atoms with Crippen LogP contribution in [0.5, 0.6) is 5.75 Å². The van der Waals surface area contributed by atoms with E-state index in [2.05, 4.69) is 12.2 Å². The summed E-state index contributed by atoms with van der Waals surface area (Å²) in [4.78, 5) is 29.0. The number of carbonyl (C=O) groups excluding carboxylic acids is 2. The molecule has 0 saturated heterocycles. The minimum absolute atomic E-state index is 0.174. The highest BCUT2D eigenvalue weighted by molar-refractivity contribution is 6.42. The maximum absolute atomic E-state index is 13.8. The first-order valence-electron chi connectivity index (χ1n) is 13.1. The summed E-state index contributed by atoms with van der Waals surface area (Å²) in [5, 5.41) is 5.78. The second-order valence-electron chi connectivity index (χ2n) is 9.39. The van der Waals surface area contributed by atoms with Crippen LogP contribution in [0.25, 0.3) is 10.8 Å². The fraction of sp³-hybridized carbons (Fsp3) is 0.250. The highest BCUT2D eigenvalue weighted by Crippen LogP contribution is 2.26. The van der Waals surface area contributed by atoms with Gasteiger partial charge < -0.3 is 15.0 Å². The fourth-order valence-electron chi connectivity index (χ4n) is 4.44. The molecule has 0 aliphatic carbocycles. The van der Waals surface area contributed by atoms with Crippen LogP contribution in [0.1, 0.15) is 30.9 Å². The van der Waals surface area contributed by atoms with Crippen molar-refractivity contribution >= 4 is 45.8 Å². The molecule has 0 fully saturated rings. The van der Waals surface area contributed by atoms with Crippen molar-refractivity contribution in [3.05, 3.63) is 112 Å². The van der Waals surface area contributed by atoms with E-state index in [0.29, 0.717) is 28.8 Å². The number of ether oxygens (including phenoxy) is 1. The quantitative estimate of drug-likeness (QED) is 0.188. The van der Waals surface area contributed by atoms with Gasteiger partial charge in [-0.3, -0.25) is 9.59 Å². The molecule has 0 heterocycles. The summed E-state index contributed by atoms with van der Waals surface area (Å²) in [7, 11) is 0. The summed E-state index contributed by atoms with van der Waals surface area (Å²) in [6.45, 7) is 2.57. The SMILES string of the molecule is CCCCNC(=O)C(Cc1ccccc1)N(Cc1ccc(Cl)c(Cl)c1)C(=O)COc1cccc2ccccc12. The van der Waals surface area contributed by atoms with Gasteiger partial charge in [0.05, 0.1) is 10.0 Å². The molecular formula is C32H32Cl2N2O3. The molecule has 1 unspecified atom stereocenters. The number of unbranched alkanes of at least 4 members (excludes halogenated alkanes) is 1. The van der Waals surface area contributed by atoms with Crippen LogP contribution in [0.3, 0.4) is 0 Å². The lowest BCUT2D eigenvalue weighted by molar-refractivity contribution is -0.142. The van der Waals surface area contributed by atoms with Crippen molar-refractivity contribution in [2.45, 2.75) is 38.8 Å². The number of nitrogens with zero attached hydrogens (tertiary/aromatic N) is 1. The Bertz CT molecular complexity index is 1410. The molecule has 0 aromatic heterocycles. The van der Waals surface area contributed by atoms with E-state index in [1.165, 1.54) is 0 Å². The van der Waals surface area contributed by atoms with Crippen LogP contribution in [0.2, 0.25) is 10.0 Å². The number of fused-ring (bicyclic) bond motifs is 1. The number of amides is 2. The predicted molar refractivity (Wildman–Crippen MR) is 158 cm³/mol. The molecule has 4 aromatic carbocycles. The predicted octanol–water partition coefficient (Wildman–Crippen LogP) is 7.08. The molecule has 0 aliphatic rings. The molecule has 39 heavy (non-hydrogen) atoms. The Kier molecular flexibility index (Phi) is 10.2. The molecule has 0 radical (unpaired) electrons. The molecule has 0 spiro atoms. The van der Waals surface area contributed by atoms with Gasteiger partial charge in [-0.2, -0.15) is 0 Å². The number of nitrogens with one attached hydrogen (secondary N) is 1. The van der Waals surface area contributed by atoms with Crippen molar-refractivity contribution in [3.8, 4) is 5.75 Å². The Labute approximate surface area is 239 Å². The van der Waals surface area contributed by atoms with Gasteiger partial charge in [0.2, 0.25) is 5.91 Å². The zero-order valence-electron chi connectivity index (χ0n) is 21.9. The van der Waals surface area contributed by atoms with Crippen LogP contribution in [-0.4, -0.2) is 35.9 Å². The second kappa shape index (κ2) is 14.0. The minimum atomic E-state index is -0.748. The Morgan fingerprint density at radius 2 is 1.62 bits per heavy atom. The van der Waals surface area contributed by atoms with Gasteiger partial charge in [0.15, 0.2) is 6.61 Å². The van der Waals surface area contributed by atoms with E-state index in [-0.39, 0.29) is 25.0 Å². The van der Waals surface area contributed by atoms with Gasteiger partial charge in [-0.25, -0.2) is 0 Å². The summed E-state index contributed by atoms with van der Waals surface area (Å²) >= 11 is 12.4. The Morgan fingerprint density at radius 3 is 2.38 bits per heavy atom. The van der Waals surface area contributed by atoms with Crippen molar-refractivity contribution in [1.82, 2.24) is 10.2 Å². The Balaban J connectivity index is 1.64. The summed E-state index contributed by atoms with van der Waals surface area (Å²) in [6, 6.07) is 27.8. The summed E-state index contributed by atoms with van der Waals surface area (Å²) in [5.74, 6) is 0.106. The van der Waals surface area contributed by atoms with Crippen LogP contribution in [0, 0.1) is 0 Å². The topological polar surface area (TPSA) is 58.6 Å². The third-order valence-electron chi connectivity index (χ3n) is 6.54. The first-order chi connectivity index (χ1) is 19.0. The average molecular weight is 564 g/mol. The van der Waals surface area contributed by atoms with Gasteiger partial charge in [0.25, 0.3) is 5.91 Å². The minimum Gasteiger partial charge on any atom is -0.483 e. The Hall–Kier alpha value is -3.54. The molecule has 1 atom stereocenters. The van der Waals surface area contributed by atoms with E-state index in [1.54, 1.807) is 17.0 Å². The fourth-order valence-corrected chi connectivity index (χ4v) is 4.76. The van der Waals surface area contributed by atoms with E-state index in [1.807, 2.05) is 78.9 Å². The van der Waals surface area contributed by atoms with Gasteiger partial charge in [0, 0.05) is 24.9 Å². The van der Waals surface area contributed by atoms with Crippen molar-refractivity contribution < 1.29 is 14.3 Å². The molecule has 7 heteroatoms. The molecular weight excluding hydrogens is 531 g/mol. The van der Waals surface area contributed by atoms with E-state index in [4.69, 9.17) is 27.9 Å². The normalized spacial score (nSPS) is 11.7. The van der Waals surface area contributed by atoms with E-state index in [0.717, 1.165) is 34.7 Å². The highest BCUT2D eigenvalue weighted by Gasteiger charge is 2.30. The van der Waals surface area contributed by atoms with Gasteiger partial charge >= 0.3 is 0 Å². The molecule has 5 nitrogen and oxygen atoms in total. The first-order valence-corrected chi connectivity index (χ1v) is 13.9. The zero-order valence-corrected chi connectivity index (χ0v) is 23.4. The molecule has 0 bridgehead atoms. The largest absolute Gasteiger partial charge is 0.483 e. The molecule has 4 rings (SSSR count). The van der Waals surface area contributed by atoms with Crippen LogP contribution in [-0.2, 0) is 22.6 Å². The lowest BCUT2D eigenvalue weighted by Crippen LogP contribution is -2.51. The van der Waals surface area contributed by atoms with E-state index in [9.17, 15) is 9.59 Å². The number of benzene rings is 4. The van der Waals surface area contributed by atoms with Gasteiger partial charge in [0.1, 0.15) is 11.8 Å². The van der Waals surface area contributed by atoms with Crippen molar-refractivity contribution in [2.24, 2.45) is 0 Å². The number of hydrogen-bond donors (Lipinski definition) is 1. The smallest absolute Gasteiger partial charge is 0.261 e. The van der Waals surface area contributed by atoms with E-state index >= 15 is 0 Å². The number of carbonyl (C=O) groups is 2. The summed E-state index contributed by atoms with van der Waals surface area (Å²) in [5.41, 5.74) is 1.72. The maximum atomic E-state index is 13.8. The highest BCUT2D eigenvalue weighted by atomic mass is 35.5. The number of hydrogen-bond acceptors (Lipinski definition) is 3. The molecule has 0 saturated carbocycles. The molecule has 1 N–H and O–H groups in total. The first kappa shape index (κ1) is 28.5. The van der Waals surface area contributed by atoms with Crippen molar-refractivity contribution in [3.63, 3.8) is 0 Å². The monoisotopic (exact) mass is 562 g/mol. The standard InChI is InChI=1S/C32H32Cl2N2O3/c1-2-3-18-35-32(38)29(20-23-10-5-4-6-11-23)36(21-24-16-17-27(33)28(34)19-24)31(37)22-39-30-15-9-13-25-12-7-8-14-26(25)30/h4-17,19,29H,2-3,18,20-22H2,1H3,(H,35,38). The summed E-state index contributed by atoms with van der Waals surface area (Å²) < 4.78 is 6.05. The third-order valence-corrected chi connectivity index (χ3v) is 7.28. The number of rotatable bonds is 12. The van der Waals surface area contributed by atoms with Crippen LogP contribution in [0.15, 0.2) is 91.0 Å².